The van der Waals surface area contributed by atoms with Crippen molar-refractivity contribution in [1.82, 2.24) is 0 Å². The highest BCUT2D eigenvalue weighted by Crippen LogP contribution is 2.35. The summed E-state index contributed by atoms with van der Waals surface area (Å²) in [7, 11) is 0. The second kappa shape index (κ2) is 5.35. The molecule has 0 atom stereocenters. The van der Waals surface area contributed by atoms with Crippen LogP contribution >= 0.6 is 11.3 Å². The monoisotopic (exact) mass is 273 g/mol. The van der Waals surface area contributed by atoms with E-state index >= 15 is 0 Å². The molecule has 3 rings (SSSR count). The van der Waals surface area contributed by atoms with Crippen LogP contribution in [0.4, 0.5) is 5.69 Å². The molecule has 1 aliphatic carbocycles. The van der Waals surface area contributed by atoms with Gasteiger partial charge in [0, 0.05) is 18.3 Å². The van der Waals surface area contributed by atoms with Gasteiger partial charge in [0.15, 0.2) is 0 Å². The number of aryl methyl sites for hydroxylation is 1. The van der Waals surface area contributed by atoms with Gasteiger partial charge < -0.3 is 10.0 Å². The Hall–Kier alpha value is -1.32. The summed E-state index contributed by atoms with van der Waals surface area (Å²) in [5, 5.41) is 13.6. The molecule has 1 heterocycles. The van der Waals surface area contributed by atoms with E-state index in [1.165, 1.54) is 29.7 Å². The fourth-order valence-corrected chi connectivity index (χ4v) is 3.17. The Morgan fingerprint density at radius 3 is 2.68 bits per heavy atom. The Bertz CT molecular complexity index is 546. The van der Waals surface area contributed by atoms with Crippen LogP contribution in [0.1, 0.15) is 29.5 Å². The summed E-state index contributed by atoms with van der Waals surface area (Å²) in [6, 6.07) is 9.19. The molecule has 0 saturated heterocycles. The van der Waals surface area contributed by atoms with Crippen molar-refractivity contribution in [3.8, 4) is 0 Å². The van der Waals surface area contributed by atoms with Gasteiger partial charge in [0.05, 0.1) is 6.61 Å². The van der Waals surface area contributed by atoms with Gasteiger partial charge in [0.25, 0.3) is 0 Å². The predicted octanol–water partition coefficient (Wildman–Crippen LogP) is 3.72. The fraction of sp³-hybridized carbons (Fsp3) is 0.375. The Balaban J connectivity index is 1.87. The van der Waals surface area contributed by atoms with Gasteiger partial charge in [-0.15, -0.1) is 0 Å². The lowest BCUT2D eigenvalue weighted by molar-refractivity contribution is 0.282. The second-order valence-electron chi connectivity index (χ2n) is 5.27. The molecule has 2 aromatic rings. The van der Waals surface area contributed by atoms with Crippen LogP contribution in [0.5, 0.6) is 0 Å². The SMILES string of the molecule is Cc1cc(CO)ccc1N(Cc1ccsc1)C1CC1. The maximum Gasteiger partial charge on any atom is 0.0681 e. The third-order valence-electron chi connectivity index (χ3n) is 3.67. The Morgan fingerprint density at radius 2 is 2.11 bits per heavy atom. The van der Waals surface area contributed by atoms with Crippen molar-refractivity contribution in [3.05, 3.63) is 51.7 Å². The lowest BCUT2D eigenvalue weighted by Crippen LogP contribution is -2.25. The molecule has 0 unspecified atom stereocenters. The summed E-state index contributed by atoms with van der Waals surface area (Å²) < 4.78 is 0. The second-order valence-corrected chi connectivity index (χ2v) is 6.05. The molecule has 0 amide bonds. The van der Waals surface area contributed by atoms with Gasteiger partial charge in [-0.1, -0.05) is 12.1 Å². The Kier molecular flexibility index (Phi) is 3.58. The molecule has 1 aliphatic rings. The first-order chi connectivity index (χ1) is 9.28. The van der Waals surface area contributed by atoms with E-state index in [-0.39, 0.29) is 6.61 Å². The highest BCUT2D eigenvalue weighted by Gasteiger charge is 2.30. The number of hydrogen-bond donors (Lipinski definition) is 1. The van der Waals surface area contributed by atoms with Gasteiger partial charge in [-0.05, 0) is 59.3 Å². The molecule has 1 saturated carbocycles. The molecule has 1 N–H and O–H groups in total. The van der Waals surface area contributed by atoms with Crippen molar-refractivity contribution in [2.75, 3.05) is 4.90 Å². The van der Waals surface area contributed by atoms with Crippen LogP contribution in [0.25, 0.3) is 0 Å². The molecule has 0 radical (unpaired) electrons. The molecule has 0 spiro atoms. The molecule has 3 heteroatoms. The predicted molar refractivity (Wildman–Crippen MR) is 80.6 cm³/mol. The highest BCUT2D eigenvalue weighted by atomic mass is 32.1. The molecular weight excluding hydrogens is 254 g/mol. The fourth-order valence-electron chi connectivity index (χ4n) is 2.51. The summed E-state index contributed by atoms with van der Waals surface area (Å²) in [5.74, 6) is 0. The van der Waals surface area contributed by atoms with Gasteiger partial charge in [-0.25, -0.2) is 0 Å². The summed E-state index contributed by atoms with van der Waals surface area (Å²) in [6.45, 7) is 3.25. The maximum absolute atomic E-state index is 9.21. The van der Waals surface area contributed by atoms with E-state index in [2.05, 4.69) is 40.8 Å². The van der Waals surface area contributed by atoms with Crippen LogP contribution in [0, 0.1) is 6.92 Å². The number of rotatable bonds is 5. The van der Waals surface area contributed by atoms with Gasteiger partial charge in [0.2, 0.25) is 0 Å². The molecule has 0 aliphatic heterocycles. The van der Waals surface area contributed by atoms with E-state index in [1.54, 1.807) is 11.3 Å². The highest BCUT2D eigenvalue weighted by molar-refractivity contribution is 7.07. The number of nitrogens with zero attached hydrogens (tertiary/aromatic N) is 1. The average Bonchev–Trinajstić information content (AvgIpc) is 3.14. The molecule has 19 heavy (non-hydrogen) atoms. The summed E-state index contributed by atoms with van der Waals surface area (Å²) in [6.07, 6.45) is 2.59. The third-order valence-corrected chi connectivity index (χ3v) is 4.41. The van der Waals surface area contributed by atoms with Crippen molar-refractivity contribution in [3.63, 3.8) is 0 Å². The minimum atomic E-state index is 0.120. The third kappa shape index (κ3) is 2.82. The summed E-state index contributed by atoms with van der Waals surface area (Å²) >= 11 is 1.76. The number of aliphatic hydroxyl groups excluding tert-OH is 1. The molecule has 2 nitrogen and oxygen atoms in total. The van der Waals surface area contributed by atoms with Crippen molar-refractivity contribution in [2.24, 2.45) is 0 Å². The number of aliphatic hydroxyl groups is 1. The van der Waals surface area contributed by atoms with E-state index < -0.39 is 0 Å². The van der Waals surface area contributed by atoms with Crippen LogP contribution < -0.4 is 4.90 Å². The molecule has 1 aromatic heterocycles. The van der Waals surface area contributed by atoms with Gasteiger partial charge in [0.1, 0.15) is 0 Å². The van der Waals surface area contributed by atoms with E-state index in [0.29, 0.717) is 6.04 Å². The van der Waals surface area contributed by atoms with Crippen LogP contribution in [0.15, 0.2) is 35.0 Å². The lowest BCUT2D eigenvalue weighted by Gasteiger charge is -2.26. The Labute approximate surface area is 118 Å². The summed E-state index contributed by atoms with van der Waals surface area (Å²) in [4.78, 5) is 2.51. The van der Waals surface area contributed by atoms with Gasteiger partial charge in [-0.3, -0.25) is 0 Å². The van der Waals surface area contributed by atoms with Gasteiger partial charge in [-0.2, -0.15) is 11.3 Å². The van der Waals surface area contributed by atoms with E-state index in [0.717, 1.165) is 12.1 Å². The van der Waals surface area contributed by atoms with E-state index in [4.69, 9.17) is 0 Å². The van der Waals surface area contributed by atoms with E-state index in [9.17, 15) is 5.11 Å². The minimum Gasteiger partial charge on any atom is -0.392 e. The first kappa shape index (κ1) is 12.7. The zero-order valence-corrected chi connectivity index (χ0v) is 12.0. The quantitative estimate of drug-likeness (QED) is 0.897. The van der Waals surface area contributed by atoms with Crippen molar-refractivity contribution < 1.29 is 5.11 Å². The largest absolute Gasteiger partial charge is 0.392 e. The first-order valence-corrected chi connectivity index (χ1v) is 7.70. The van der Waals surface area contributed by atoms with Gasteiger partial charge >= 0.3 is 0 Å². The van der Waals surface area contributed by atoms with Crippen LogP contribution in [-0.4, -0.2) is 11.1 Å². The zero-order valence-electron chi connectivity index (χ0n) is 11.2. The smallest absolute Gasteiger partial charge is 0.0681 e. The number of hydrogen-bond acceptors (Lipinski definition) is 3. The minimum absolute atomic E-state index is 0.120. The molecule has 100 valence electrons. The normalized spacial score (nSPS) is 14.6. The Morgan fingerprint density at radius 1 is 1.26 bits per heavy atom. The molecule has 0 bridgehead atoms. The number of benzene rings is 1. The number of thiophene rings is 1. The van der Waals surface area contributed by atoms with Crippen LogP contribution in [0.2, 0.25) is 0 Å². The topological polar surface area (TPSA) is 23.5 Å². The van der Waals surface area contributed by atoms with Crippen molar-refractivity contribution in [1.29, 1.82) is 0 Å². The average molecular weight is 273 g/mol. The lowest BCUT2D eigenvalue weighted by atomic mass is 10.1. The zero-order chi connectivity index (χ0) is 13.2. The first-order valence-electron chi connectivity index (χ1n) is 6.76. The van der Waals surface area contributed by atoms with Crippen molar-refractivity contribution in [2.45, 2.75) is 39.0 Å². The number of anilines is 1. The van der Waals surface area contributed by atoms with Crippen LogP contribution in [-0.2, 0) is 13.2 Å². The maximum atomic E-state index is 9.21. The standard InChI is InChI=1S/C16H19NOS/c1-12-8-13(10-18)2-5-16(12)17(15-3-4-15)9-14-6-7-19-11-14/h2,5-8,11,15,18H,3-4,9-10H2,1H3. The molecular formula is C16H19NOS. The molecule has 1 fully saturated rings. The van der Waals surface area contributed by atoms with Crippen molar-refractivity contribution >= 4 is 17.0 Å². The van der Waals surface area contributed by atoms with Crippen LogP contribution in [0.3, 0.4) is 0 Å². The summed E-state index contributed by atoms with van der Waals surface area (Å²) in [5.41, 5.74) is 4.95. The van der Waals surface area contributed by atoms with E-state index in [1.807, 2.05) is 6.07 Å². The molecule has 1 aromatic carbocycles.